The molecule has 0 aromatic carbocycles. The number of amides is 1. The van der Waals surface area contributed by atoms with Crippen LogP contribution in [-0.4, -0.2) is 28.9 Å². The Hall–Kier alpha value is -1.58. The van der Waals surface area contributed by atoms with E-state index in [0.717, 1.165) is 25.9 Å². The number of carbonyl (C=O) groups excluding carboxylic acids is 1. The van der Waals surface area contributed by atoms with Gasteiger partial charge in [-0.25, -0.2) is 0 Å². The minimum atomic E-state index is -0.130. The smallest absolute Gasteiger partial charge is 0.270 e. The van der Waals surface area contributed by atoms with Crippen LogP contribution in [0, 0.1) is 0 Å². The fourth-order valence-electron chi connectivity index (χ4n) is 1.84. The van der Waals surface area contributed by atoms with Gasteiger partial charge in [-0.15, -0.1) is 0 Å². The number of hydrogen-bond donors (Lipinski definition) is 1. The van der Waals surface area contributed by atoms with E-state index in [0.29, 0.717) is 5.69 Å². The predicted molar refractivity (Wildman–Crippen MR) is 56.8 cm³/mol. The molecule has 1 N–H and O–H groups in total. The van der Waals surface area contributed by atoms with Gasteiger partial charge < -0.3 is 9.88 Å². The molecular weight excluding hydrogens is 192 g/mol. The highest BCUT2D eigenvalue weighted by atomic mass is 16.2. The molecule has 0 unspecified atom stereocenters. The minimum Gasteiger partial charge on any atom is -0.357 e. The highest BCUT2D eigenvalue weighted by Gasteiger charge is 2.18. The van der Waals surface area contributed by atoms with Crippen LogP contribution in [0.3, 0.4) is 0 Å². The van der Waals surface area contributed by atoms with E-state index in [9.17, 15) is 9.59 Å². The van der Waals surface area contributed by atoms with Gasteiger partial charge in [-0.1, -0.05) is 0 Å². The van der Waals surface area contributed by atoms with Crippen LogP contribution in [0.1, 0.15) is 29.8 Å². The summed E-state index contributed by atoms with van der Waals surface area (Å²) < 4.78 is 0. The normalized spacial score (nSPS) is 16.4. The number of pyridine rings is 1. The highest BCUT2D eigenvalue weighted by molar-refractivity contribution is 5.92. The van der Waals surface area contributed by atoms with E-state index < -0.39 is 0 Å². The lowest BCUT2D eigenvalue weighted by Crippen LogP contribution is -2.36. The van der Waals surface area contributed by atoms with Crippen molar-refractivity contribution < 1.29 is 4.79 Å². The number of rotatable bonds is 1. The summed E-state index contributed by atoms with van der Waals surface area (Å²) in [4.78, 5) is 27.6. The lowest BCUT2D eigenvalue weighted by molar-refractivity contribution is 0.0718. The summed E-state index contributed by atoms with van der Waals surface area (Å²) in [5, 5.41) is 0. The van der Waals surface area contributed by atoms with Crippen LogP contribution < -0.4 is 5.43 Å². The standard InChI is InChI=1S/C11H14N2O2/c14-9-4-5-12-10(8-9)11(15)13-6-2-1-3-7-13/h4-5,8H,1-3,6-7H2,(H,12,14). The molecule has 4 nitrogen and oxygen atoms in total. The Labute approximate surface area is 87.9 Å². The van der Waals surface area contributed by atoms with Crippen molar-refractivity contribution in [1.82, 2.24) is 9.88 Å². The SMILES string of the molecule is O=C(c1cc(=O)cc[nH]1)N1CCCCC1. The average Bonchev–Trinajstić information content (AvgIpc) is 2.29. The van der Waals surface area contributed by atoms with Crippen LogP contribution in [0.4, 0.5) is 0 Å². The summed E-state index contributed by atoms with van der Waals surface area (Å²) in [5.41, 5.74) is 0.263. The molecule has 1 aromatic rings. The molecule has 1 aliphatic rings. The first-order valence-electron chi connectivity index (χ1n) is 5.25. The summed E-state index contributed by atoms with van der Waals surface area (Å²) in [7, 11) is 0. The van der Waals surface area contributed by atoms with Crippen molar-refractivity contribution in [1.29, 1.82) is 0 Å². The van der Waals surface area contributed by atoms with Gasteiger partial charge in [0.25, 0.3) is 5.91 Å². The van der Waals surface area contributed by atoms with Gasteiger partial charge in [0.1, 0.15) is 5.69 Å². The highest BCUT2D eigenvalue weighted by Crippen LogP contribution is 2.10. The van der Waals surface area contributed by atoms with Crippen LogP contribution in [0.15, 0.2) is 23.1 Å². The number of piperidine rings is 1. The van der Waals surface area contributed by atoms with E-state index in [4.69, 9.17) is 0 Å². The van der Waals surface area contributed by atoms with Crippen molar-refractivity contribution >= 4 is 5.91 Å². The van der Waals surface area contributed by atoms with Gasteiger partial charge in [0.15, 0.2) is 5.43 Å². The second-order valence-corrected chi connectivity index (χ2v) is 3.79. The van der Waals surface area contributed by atoms with E-state index in [-0.39, 0.29) is 11.3 Å². The fraction of sp³-hybridized carbons (Fsp3) is 0.455. The largest absolute Gasteiger partial charge is 0.357 e. The molecule has 15 heavy (non-hydrogen) atoms. The van der Waals surface area contributed by atoms with Crippen molar-refractivity contribution in [3.8, 4) is 0 Å². The number of aromatic nitrogens is 1. The molecule has 1 fully saturated rings. The first-order chi connectivity index (χ1) is 7.27. The number of nitrogens with zero attached hydrogens (tertiary/aromatic N) is 1. The predicted octanol–water partition coefficient (Wildman–Crippen LogP) is 1.00. The molecule has 4 heteroatoms. The second kappa shape index (κ2) is 4.29. The Bertz CT molecular complexity index is 405. The maximum atomic E-state index is 11.9. The zero-order valence-corrected chi connectivity index (χ0v) is 8.53. The number of likely N-dealkylation sites (tertiary alicyclic amines) is 1. The van der Waals surface area contributed by atoms with E-state index in [1.807, 2.05) is 0 Å². The Kier molecular flexibility index (Phi) is 2.85. The Morgan fingerprint density at radius 1 is 1.27 bits per heavy atom. The van der Waals surface area contributed by atoms with Gasteiger partial charge in [-0.2, -0.15) is 0 Å². The summed E-state index contributed by atoms with van der Waals surface area (Å²) in [6, 6.07) is 2.77. The van der Waals surface area contributed by atoms with E-state index >= 15 is 0 Å². The monoisotopic (exact) mass is 206 g/mol. The molecule has 0 saturated carbocycles. The van der Waals surface area contributed by atoms with Gasteiger partial charge in [0.2, 0.25) is 0 Å². The maximum absolute atomic E-state index is 11.9. The lowest BCUT2D eigenvalue weighted by atomic mass is 10.1. The first kappa shape index (κ1) is 9.96. The Balaban J connectivity index is 2.16. The molecule has 0 aliphatic carbocycles. The molecule has 0 spiro atoms. The van der Waals surface area contributed by atoms with Gasteiger partial charge in [-0.05, 0) is 19.3 Å². The van der Waals surface area contributed by atoms with Crippen LogP contribution in [-0.2, 0) is 0 Å². The topological polar surface area (TPSA) is 53.2 Å². The lowest BCUT2D eigenvalue weighted by Gasteiger charge is -2.26. The van der Waals surface area contributed by atoms with Crippen LogP contribution in [0.25, 0.3) is 0 Å². The van der Waals surface area contributed by atoms with Gasteiger partial charge in [0.05, 0.1) is 0 Å². The number of hydrogen-bond acceptors (Lipinski definition) is 2. The van der Waals surface area contributed by atoms with Crippen LogP contribution >= 0.6 is 0 Å². The second-order valence-electron chi connectivity index (χ2n) is 3.79. The quantitative estimate of drug-likeness (QED) is 0.745. The zero-order valence-electron chi connectivity index (χ0n) is 8.53. The van der Waals surface area contributed by atoms with E-state index in [1.54, 1.807) is 4.90 Å². The molecule has 1 saturated heterocycles. The molecule has 0 bridgehead atoms. The van der Waals surface area contributed by atoms with E-state index in [1.165, 1.54) is 24.8 Å². The summed E-state index contributed by atoms with van der Waals surface area (Å²) >= 11 is 0. The fourth-order valence-corrected chi connectivity index (χ4v) is 1.84. The molecular formula is C11H14N2O2. The number of aromatic amines is 1. The van der Waals surface area contributed by atoms with Crippen molar-refractivity contribution in [3.05, 3.63) is 34.2 Å². The van der Waals surface area contributed by atoms with Gasteiger partial charge >= 0.3 is 0 Å². The van der Waals surface area contributed by atoms with E-state index in [2.05, 4.69) is 4.98 Å². The number of nitrogens with one attached hydrogen (secondary N) is 1. The van der Waals surface area contributed by atoms with Crippen molar-refractivity contribution in [3.63, 3.8) is 0 Å². The number of H-pyrrole nitrogens is 1. The molecule has 1 amide bonds. The molecule has 1 aliphatic heterocycles. The average molecular weight is 206 g/mol. The van der Waals surface area contributed by atoms with Crippen LogP contribution in [0.2, 0.25) is 0 Å². The third kappa shape index (κ3) is 2.26. The third-order valence-electron chi connectivity index (χ3n) is 2.65. The molecule has 80 valence electrons. The van der Waals surface area contributed by atoms with Crippen molar-refractivity contribution in [2.24, 2.45) is 0 Å². The molecule has 2 rings (SSSR count). The van der Waals surface area contributed by atoms with Gasteiger partial charge in [-0.3, -0.25) is 9.59 Å². The first-order valence-corrected chi connectivity index (χ1v) is 5.25. The summed E-state index contributed by atoms with van der Waals surface area (Å²) in [6.07, 6.45) is 4.82. The van der Waals surface area contributed by atoms with Gasteiger partial charge in [0, 0.05) is 31.4 Å². The zero-order chi connectivity index (χ0) is 10.7. The maximum Gasteiger partial charge on any atom is 0.270 e. The number of carbonyl (C=O) groups is 1. The summed E-state index contributed by atoms with van der Waals surface area (Å²) in [5.74, 6) is -0.0626. The Morgan fingerprint density at radius 2 is 2.00 bits per heavy atom. The minimum absolute atomic E-state index is 0.0626. The third-order valence-corrected chi connectivity index (χ3v) is 2.65. The van der Waals surface area contributed by atoms with Crippen molar-refractivity contribution in [2.45, 2.75) is 19.3 Å². The molecule has 0 atom stereocenters. The summed E-state index contributed by atoms with van der Waals surface area (Å²) in [6.45, 7) is 1.60. The van der Waals surface area contributed by atoms with Crippen molar-refractivity contribution in [2.75, 3.05) is 13.1 Å². The van der Waals surface area contributed by atoms with Crippen LogP contribution in [0.5, 0.6) is 0 Å². The molecule has 0 radical (unpaired) electrons. The Morgan fingerprint density at radius 3 is 2.67 bits per heavy atom. The molecule has 1 aromatic heterocycles. The molecule has 2 heterocycles.